The number of carbonyl (C=O) groups is 4. The second-order valence-corrected chi connectivity index (χ2v) is 13.5. The van der Waals surface area contributed by atoms with Crippen LogP contribution >= 0.6 is 0 Å². The van der Waals surface area contributed by atoms with Crippen LogP contribution in [0.4, 0.5) is 4.79 Å². The van der Waals surface area contributed by atoms with Gasteiger partial charge in [-0.15, -0.1) is 0 Å². The van der Waals surface area contributed by atoms with Crippen LogP contribution in [-0.2, 0) is 38.6 Å². The number of ether oxygens (including phenoxy) is 1. The van der Waals surface area contributed by atoms with E-state index in [1.807, 2.05) is 100 Å². The summed E-state index contributed by atoms with van der Waals surface area (Å²) in [6.45, 7) is 7.79. The molecule has 5 atom stereocenters. The molecule has 4 amide bonds. The monoisotopic (exact) mass is 713 g/mol. The third-order valence-electron chi connectivity index (χ3n) is 8.72. The average molecular weight is 714 g/mol. The molecule has 13 nitrogen and oxygen atoms in total. The number of nitrogens with zero attached hydrogens (tertiary/aromatic N) is 1. The van der Waals surface area contributed by atoms with E-state index in [-0.39, 0.29) is 37.8 Å². The van der Waals surface area contributed by atoms with Gasteiger partial charge < -0.3 is 30.8 Å². The lowest BCUT2D eigenvalue weighted by atomic mass is 9.96. The Balaban J connectivity index is 1.54. The Hall–Kier alpha value is -5.27. The van der Waals surface area contributed by atoms with E-state index in [9.17, 15) is 24.3 Å². The van der Waals surface area contributed by atoms with Crippen LogP contribution in [0.1, 0.15) is 63.8 Å². The maximum Gasteiger partial charge on any atom is 0.408 e. The fourth-order valence-corrected chi connectivity index (χ4v) is 5.70. The number of hydrazine groups is 1. The number of amides is 4. The fraction of sp³-hybridized carbons (Fsp3) is 0.410. The van der Waals surface area contributed by atoms with E-state index in [2.05, 4.69) is 36.8 Å². The first-order valence-corrected chi connectivity index (χ1v) is 17.8. The molecule has 4 rings (SSSR count). The molecule has 0 radical (unpaired) electrons. The summed E-state index contributed by atoms with van der Waals surface area (Å²) in [6.07, 6.45) is 2.11. The molecule has 0 aliphatic heterocycles. The van der Waals surface area contributed by atoms with Gasteiger partial charge in [-0.3, -0.25) is 19.8 Å². The third kappa shape index (κ3) is 12.5. The Morgan fingerprint density at radius 1 is 0.846 bits per heavy atom. The highest BCUT2D eigenvalue weighted by molar-refractivity contribution is 5.93. The minimum atomic E-state index is -1.20. The summed E-state index contributed by atoms with van der Waals surface area (Å²) in [6, 6.07) is 19.7. The van der Waals surface area contributed by atoms with Gasteiger partial charge in [0, 0.05) is 30.8 Å². The molecule has 0 saturated carbocycles. The number of carbonyl (C=O) groups excluding carboxylic acids is 4. The van der Waals surface area contributed by atoms with E-state index in [1.54, 1.807) is 6.20 Å². The number of aliphatic hydroxyl groups is 1. The lowest BCUT2D eigenvalue weighted by Gasteiger charge is -2.29. The van der Waals surface area contributed by atoms with Crippen molar-refractivity contribution in [3.63, 3.8) is 0 Å². The summed E-state index contributed by atoms with van der Waals surface area (Å²) in [5, 5.41) is 21.5. The summed E-state index contributed by atoms with van der Waals surface area (Å²) in [5.74, 6) is -1.53. The highest BCUT2D eigenvalue weighted by Gasteiger charge is 2.32. The standard InChI is InChI=1S/C39H51N7O6/c1-5-26(4)45-46-36(48)21-35(47)32(18-25(2)3)42-38(50)34(20-30-22-40-24-41-30)43-37(49)33(44-39(51)52-23-27-12-7-6-8-13-27)19-29-16-11-15-28-14-9-10-17-31(28)29/h6-17,22,24-26,32-35,45,47H,5,18-21,23H2,1-4H3,(H,40,41)(H,42,50)(H,43,49)(H,44,51)(H,46,48)/t26?,32-,33+,34+,35-/m0/s1. The second kappa shape index (κ2) is 19.9. The van der Waals surface area contributed by atoms with E-state index in [1.165, 1.54) is 6.33 Å². The summed E-state index contributed by atoms with van der Waals surface area (Å²) in [7, 11) is 0. The van der Waals surface area contributed by atoms with Crippen LogP contribution in [-0.4, -0.2) is 69.2 Å². The van der Waals surface area contributed by atoms with Crippen molar-refractivity contribution < 1.29 is 29.0 Å². The first-order valence-electron chi connectivity index (χ1n) is 17.8. The lowest BCUT2D eigenvalue weighted by Crippen LogP contribution is -2.57. The Morgan fingerprint density at radius 2 is 1.54 bits per heavy atom. The Kier molecular flexibility index (Phi) is 15.2. The van der Waals surface area contributed by atoms with Gasteiger partial charge in [-0.25, -0.2) is 15.2 Å². The Bertz CT molecular complexity index is 1730. The van der Waals surface area contributed by atoms with Crippen molar-refractivity contribution in [1.29, 1.82) is 0 Å². The molecule has 0 aliphatic rings. The Morgan fingerprint density at radius 3 is 2.25 bits per heavy atom. The molecule has 0 fully saturated rings. The largest absolute Gasteiger partial charge is 0.445 e. The molecule has 0 saturated heterocycles. The van der Waals surface area contributed by atoms with E-state index in [0.717, 1.165) is 28.3 Å². The van der Waals surface area contributed by atoms with Crippen LogP contribution in [0.5, 0.6) is 0 Å². The zero-order valence-electron chi connectivity index (χ0n) is 30.2. The van der Waals surface area contributed by atoms with Crippen molar-refractivity contribution in [1.82, 2.24) is 36.8 Å². The van der Waals surface area contributed by atoms with Gasteiger partial charge in [0.25, 0.3) is 0 Å². The minimum Gasteiger partial charge on any atom is -0.445 e. The minimum absolute atomic E-state index is 0.00537. The number of H-pyrrole nitrogens is 1. The zero-order chi connectivity index (χ0) is 37.5. The third-order valence-corrected chi connectivity index (χ3v) is 8.72. The lowest BCUT2D eigenvalue weighted by molar-refractivity contribution is -0.131. The second-order valence-electron chi connectivity index (χ2n) is 13.5. The predicted molar refractivity (Wildman–Crippen MR) is 198 cm³/mol. The molecule has 0 spiro atoms. The number of nitrogens with one attached hydrogen (secondary N) is 6. The summed E-state index contributed by atoms with van der Waals surface area (Å²) in [4.78, 5) is 60.8. The molecule has 52 heavy (non-hydrogen) atoms. The van der Waals surface area contributed by atoms with Crippen LogP contribution in [0.2, 0.25) is 0 Å². The molecule has 1 unspecified atom stereocenters. The van der Waals surface area contributed by atoms with Crippen LogP contribution in [0.3, 0.4) is 0 Å². The first kappa shape index (κ1) is 39.5. The number of fused-ring (bicyclic) bond motifs is 1. The van der Waals surface area contributed by atoms with Crippen LogP contribution in [0.15, 0.2) is 85.3 Å². The Labute approximate surface area is 304 Å². The summed E-state index contributed by atoms with van der Waals surface area (Å²) >= 11 is 0. The molecular formula is C39H51N7O6. The van der Waals surface area contributed by atoms with Crippen LogP contribution in [0.25, 0.3) is 10.8 Å². The topological polar surface area (TPSA) is 187 Å². The van der Waals surface area contributed by atoms with Crippen molar-refractivity contribution in [2.45, 2.75) is 96.7 Å². The number of alkyl carbamates (subject to hydrolysis) is 1. The SMILES string of the molecule is CCC(C)NNC(=O)C[C@H](O)[C@H](CC(C)C)NC(=O)[C@@H](Cc1cnc[nH]1)NC(=O)[C@@H](Cc1cccc2ccccc12)NC(=O)OCc1ccccc1. The van der Waals surface area contributed by atoms with Crippen molar-refractivity contribution >= 4 is 34.6 Å². The van der Waals surface area contributed by atoms with Gasteiger partial charge in [0.15, 0.2) is 0 Å². The molecule has 7 N–H and O–H groups in total. The maximum atomic E-state index is 14.1. The molecule has 0 aliphatic carbocycles. The maximum absolute atomic E-state index is 14.1. The molecule has 1 heterocycles. The number of aromatic nitrogens is 2. The molecule has 13 heteroatoms. The van der Waals surface area contributed by atoms with E-state index in [4.69, 9.17) is 4.74 Å². The van der Waals surface area contributed by atoms with Gasteiger partial charge in [-0.1, -0.05) is 93.6 Å². The molecule has 3 aromatic carbocycles. The summed E-state index contributed by atoms with van der Waals surface area (Å²) < 4.78 is 5.47. The number of hydrogen-bond donors (Lipinski definition) is 7. The van der Waals surface area contributed by atoms with E-state index in [0.29, 0.717) is 12.1 Å². The molecule has 4 aromatic rings. The number of aliphatic hydroxyl groups excluding tert-OH is 1. The predicted octanol–water partition coefficient (Wildman–Crippen LogP) is 3.83. The number of aromatic amines is 1. The number of hydrogen-bond acceptors (Lipinski definition) is 8. The van der Waals surface area contributed by atoms with Gasteiger partial charge in [0.2, 0.25) is 17.7 Å². The number of rotatable bonds is 19. The fourth-order valence-electron chi connectivity index (χ4n) is 5.70. The van der Waals surface area contributed by atoms with Crippen molar-refractivity contribution in [2.75, 3.05) is 0 Å². The molecule has 278 valence electrons. The van der Waals surface area contributed by atoms with Crippen LogP contribution < -0.4 is 26.8 Å². The van der Waals surface area contributed by atoms with Gasteiger partial charge in [0.05, 0.1) is 24.9 Å². The van der Waals surface area contributed by atoms with Crippen molar-refractivity contribution in [3.05, 3.63) is 102 Å². The quantitative estimate of drug-likeness (QED) is 0.0715. The zero-order valence-corrected chi connectivity index (χ0v) is 30.2. The number of benzene rings is 3. The van der Waals surface area contributed by atoms with Gasteiger partial charge >= 0.3 is 6.09 Å². The normalized spacial score (nSPS) is 14.1. The molecule has 1 aromatic heterocycles. The van der Waals surface area contributed by atoms with Gasteiger partial charge in [-0.05, 0) is 47.6 Å². The highest BCUT2D eigenvalue weighted by atomic mass is 16.5. The number of imidazole rings is 1. The highest BCUT2D eigenvalue weighted by Crippen LogP contribution is 2.20. The molecular weight excluding hydrogens is 662 g/mol. The van der Waals surface area contributed by atoms with E-state index < -0.39 is 48.0 Å². The van der Waals surface area contributed by atoms with Gasteiger partial charge in [-0.2, -0.15) is 0 Å². The van der Waals surface area contributed by atoms with Gasteiger partial charge in [0.1, 0.15) is 18.7 Å². The van der Waals surface area contributed by atoms with Crippen molar-refractivity contribution in [3.8, 4) is 0 Å². The molecule has 0 bridgehead atoms. The first-order chi connectivity index (χ1) is 25.0. The van der Waals surface area contributed by atoms with Crippen molar-refractivity contribution in [2.24, 2.45) is 5.92 Å². The summed E-state index contributed by atoms with van der Waals surface area (Å²) in [5.41, 5.74) is 7.68. The average Bonchev–Trinajstić information content (AvgIpc) is 3.65. The smallest absolute Gasteiger partial charge is 0.408 e. The van der Waals surface area contributed by atoms with Crippen LogP contribution in [0, 0.1) is 5.92 Å². The van der Waals surface area contributed by atoms with E-state index >= 15 is 0 Å².